The van der Waals surface area contributed by atoms with Crippen molar-refractivity contribution in [1.82, 2.24) is 5.32 Å². The number of piperidine rings is 1. The summed E-state index contributed by atoms with van der Waals surface area (Å²) < 4.78 is 14.2. The van der Waals surface area contributed by atoms with Crippen LogP contribution in [0, 0.1) is 25.1 Å². The van der Waals surface area contributed by atoms with Crippen LogP contribution in [0.2, 0.25) is 0 Å². The number of benzene rings is 1. The second kappa shape index (κ2) is 5.41. The van der Waals surface area contributed by atoms with Gasteiger partial charge >= 0.3 is 0 Å². The zero-order chi connectivity index (χ0) is 14.0. The van der Waals surface area contributed by atoms with E-state index in [0.29, 0.717) is 6.54 Å². The molecule has 1 atom stereocenters. The standard InChI is InChI=1S/C16H22FNO/c1-4-16(6-5-7-18-10-16)15(19)14-12(3)8-11(2)9-13(14)17/h8-9,18H,4-7,10H2,1-3H3. The summed E-state index contributed by atoms with van der Waals surface area (Å²) in [5.74, 6) is -0.405. The molecule has 0 aliphatic carbocycles. The van der Waals surface area contributed by atoms with Gasteiger partial charge in [0.25, 0.3) is 0 Å². The summed E-state index contributed by atoms with van der Waals surface area (Å²) in [4.78, 5) is 12.8. The predicted molar refractivity (Wildman–Crippen MR) is 75.0 cm³/mol. The SMILES string of the molecule is CCC1(C(=O)c2c(C)cc(C)cc2F)CCCNC1. The van der Waals surface area contributed by atoms with Crippen LogP contribution in [0.1, 0.15) is 47.7 Å². The topological polar surface area (TPSA) is 29.1 Å². The minimum absolute atomic E-state index is 0.0304. The molecule has 1 aromatic rings. The summed E-state index contributed by atoms with van der Waals surface area (Å²) in [5, 5.41) is 3.28. The Morgan fingerprint density at radius 1 is 1.42 bits per heavy atom. The van der Waals surface area contributed by atoms with E-state index in [4.69, 9.17) is 0 Å². The fraction of sp³-hybridized carbons (Fsp3) is 0.562. The molecular formula is C16H22FNO. The Balaban J connectivity index is 2.43. The van der Waals surface area contributed by atoms with Crippen molar-refractivity contribution in [3.05, 3.63) is 34.6 Å². The molecule has 0 radical (unpaired) electrons. The van der Waals surface area contributed by atoms with Crippen molar-refractivity contribution in [3.63, 3.8) is 0 Å². The van der Waals surface area contributed by atoms with Crippen LogP contribution in [0.3, 0.4) is 0 Å². The lowest BCUT2D eigenvalue weighted by molar-refractivity contribution is 0.0725. The molecule has 2 rings (SSSR count). The number of aryl methyl sites for hydroxylation is 2. The number of hydrogen-bond acceptors (Lipinski definition) is 2. The highest BCUT2D eigenvalue weighted by molar-refractivity contribution is 6.02. The maximum absolute atomic E-state index is 14.2. The van der Waals surface area contributed by atoms with Crippen LogP contribution in [0.15, 0.2) is 12.1 Å². The highest BCUT2D eigenvalue weighted by Crippen LogP contribution is 2.35. The molecule has 1 heterocycles. The first-order valence-electron chi connectivity index (χ1n) is 7.02. The Morgan fingerprint density at radius 3 is 2.68 bits per heavy atom. The summed E-state index contributed by atoms with van der Waals surface area (Å²) >= 11 is 0. The van der Waals surface area contributed by atoms with Crippen molar-refractivity contribution in [3.8, 4) is 0 Å². The van der Waals surface area contributed by atoms with Gasteiger partial charge in [0, 0.05) is 12.0 Å². The lowest BCUT2D eigenvalue weighted by Crippen LogP contribution is -2.45. The normalized spacial score (nSPS) is 23.4. The minimum atomic E-state index is -0.431. The smallest absolute Gasteiger partial charge is 0.173 e. The number of ketones is 1. The number of carbonyl (C=O) groups excluding carboxylic acids is 1. The van der Waals surface area contributed by atoms with E-state index in [9.17, 15) is 9.18 Å². The fourth-order valence-corrected chi connectivity index (χ4v) is 3.09. The van der Waals surface area contributed by atoms with Gasteiger partial charge in [0.2, 0.25) is 0 Å². The van der Waals surface area contributed by atoms with Gasteiger partial charge in [0.15, 0.2) is 5.78 Å². The second-order valence-corrected chi connectivity index (χ2v) is 5.68. The first-order chi connectivity index (χ1) is 9.00. The van der Waals surface area contributed by atoms with Crippen molar-refractivity contribution in [1.29, 1.82) is 0 Å². The highest BCUT2D eigenvalue weighted by atomic mass is 19.1. The zero-order valence-corrected chi connectivity index (χ0v) is 12.0. The van der Waals surface area contributed by atoms with Gasteiger partial charge in [0.05, 0.1) is 5.56 Å². The number of hydrogen-bond donors (Lipinski definition) is 1. The average Bonchev–Trinajstić information content (AvgIpc) is 2.38. The van der Waals surface area contributed by atoms with Crippen molar-refractivity contribution in [2.75, 3.05) is 13.1 Å². The monoisotopic (exact) mass is 263 g/mol. The molecule has 0 amide bonds. The average molecular weight is 263 g/mol. The zero-order valence-electron chi connectivity index (χ0n) is 12.0. The number of carbonyl (C=O) groups is 1. The van der Waals surface area contributed by atoms with E-state index in [-0.39, 0.29) is 17.2 Å². The lowest BCUT2D eigenvalue weighted by atomic mass is 9.72. The molecule has 0 bridgehead atoms. The van der Waals surface area contributed by atoms with Gasteiger partial charge in [-0.25, -0.2) is 4.39 Å². The molecule has 104 valence electrons. The third-order valence-electron chi connectivity index (χ3n) is 4.29. The fourth-order valence-electron chi connectivity index (χ4n) is 3.09. The third kappa shape index (κ3) is 2.57. The lowest BCUT2D eigenvalue weighted by Gasteiger charge is -2.36. The van der Waals surface area contributed by atoms with Gasteiger partial charge in [-0.05, 0) is 56.8 Å². The van der Waals surface area contributed by atoms with Gasteiger partial charge in [0.1, 0.15) is 5.82 Å². The van der Waals surface area contributed by atoms with E-state index in [0.717, 1.165) is 36.9 Å². The highest BCUT2D eigenvalue weighted by Gasteiger charge is 2.39. The molecule has 0 spiro atoms. The Bertz CT molecular complexity index is 467. The van der Waals surface area contributed by atoms with Crippen LogP contribution < -0.4 is 5.32 Å². The Morgan fingerprint density at radius 2 is 2.16 bits per heavy atom. The van der Waals surface area contributed by atoms with Crippen molar-refractivity contribution < 1.29 is 9.18 Å². The van der Waals surface area contributed by atoms with Crippen LogP contribution in [0.25, 0.3) is 0 Å². The van der Waals surface area contributed by atoms with Crippen LogP contribution >= 0.6 is 0 Å². The van der Waals surface area contributed by atoms with Crippen molar-refractivity contribution >= 4 is 5.78 Å². The molecule has 1 N–H and O–H groups in total. The molecule has 0 saturated carbocycles. The Kier molecular flexibility index (Phi) is 4.04. The predicted octanol–water partition coefficient (Wildman–Crippen LogP) is 3.41. The summed E-state index contributed by atoms with van der Waals surface area (Å²) in [6, 6.07) is 3.34. The number of nitrogens with one attached hydrogen (secondary N) is 1. The van der Waals surface area contributed by atoms with E-state index < -0.39 is 5.41 Å². The molecule has 19 heavy (non-hydrogen) atoms. The van der Waals surface area contributed by atoms with Crippen molar-refractivity contribution in [2.24, 2.45) is 5.41 Å². The Hall–Kier alpha value is -1.22. The molecule has 0 aromatic heterocycles. The van der Waals surface area contributed by atoms with E-state index in [2.05, 4.69) is 5.32 Å². The second-order valence-electron chi connectivity index (χ2n) is 5.68. The summed E-state index contributed by atoms with van der Waals surface area (Å²) in [6.45, 7) is 7.30. The van der Waals surface area contributed by atoms with Gasteiger partial charge in [-0.3, -0.25) is 4.79 Å². The molecule has 1 unspecified atom stereocenters. The molecule has 2 nitrogen and oxygen atoms in total. The van der Waals surface area contributed by atoms with E-state index in [1.807, 2.05) is 26.8 Å². The van der Waals surface area contributed by atoms with Gasteiger partial charge in [-0.15, -0.1) is 0 Å². The molecule has 3 heteroatoms. The molecule has 1 aromatic carbocycles. The van der Waals surface area contributed by atoms with E-state index in [1.54, 1.807) is 0 Å². The maximum Gasteiger partial charge on any atom is 0.173 e. The first-order valence-corrected chi connectivity index (χ1v) is 7.02. The van der Waals surface area contributed by atoms with Crippen LogP contribution in [0.5, 0.6) is 0 Å². The molecule has 1 aliphatic heterocycles. The molecule has 1 aliphatic rings. The molecule has 1 fully saturated rings. The maximum atomic E-state index is 14.2. The molecular weight excluding hydrogens is 241 g/mol. The van der Waals surface area contributed by atoms with Crippen molar-refractivity contribution in [2.45, 2.75) is 40.0 Å². The largest absolute Gasteiger partial charge is 0.316 e. The van der Waals surface area contributed by atoms with E-state index >= 15 is 0 Å². The van der Waals surface area contributed by atoms with Gasteiger partial charge in [-0.2, -0.15) is 0 Å². The quantitative estimate of drug-likeness (QED) is 0.847. The summed E-state index contributed by atoms with van der Waals surface area (Å²) in [5.41, 5.74) is 1.47. The van der Waals surface area contributed by atoms with Crippen LogP contribution in [-0.2, 0) is 0 Å². The summed E-state index contributed by atoms with van der Waals surface area (Å²) in [7, 11) is 0. The van der Waals surface area contributed by atoms with E-state index in [1.165, 1.54) is 6.07 Å². The first kappa shape index (κ1) is 14.2. The number of halogens is 1. The Labute approximate surface area is 114 Å². The van der Waals surface area contributed by atoms with Crippen LogP contribution in [0.4, 0.5) is 4.39 Å². The summed E-state index contributed by atoms with van der Waals surface area (Å²) in [6.07, 6.45) is 2.58. The minimum Gasteiger partial charge on any atom is -0.316 e. The molecule has 1 saturated heterocycles. The van der Waals surface area contributed by atoms with Gasteiger partial charge < -0.3 is 5.32 Å². The number of Topliss-reactive ketones (excluding diaryl/α,β-unsaturated/α-hetero) is 1. The third-order valence-corrected chi connectivity index (χ3v) is 4.29. The number of rotatable bonds is 3. The van der Waals surface area contributed by atoms with Crippen LogP contribution in [-0.4, -0.2) is 18.9 Å². The van der Waals surface area contributed by atoms with Gasteiger partial charge in [-0.1, -0.05) is 13.0 Å².